The molecule has 0 saturated carbocycles. The van der Waals surface area contributed by atoms with Crippen molar-refractivity contribution >= 4 is 17.6 Å². The molecule has 0 aliphatic carbocycles. The minimum absolute atomic E-state index is 0.184. The van der Waals surface area contributed by atoms with Crippen molar-refractivity contribution in [2.75, 3.05) is 26.6 Å². The second-order valence-corrected chi connectivity index (χ2v) is 6.26. The van der Waals surface area contributed by atoms with Gasteiger partial charge in [-0.05, 0) is 35.9 Å². The first-order chi connectivity index (χ1) is 14.5. The van der Waals surface area contributed by atoms with Crippen LogP contribution >= 0.6 is 0 Å². The van der Waals surface area contributed by atoms with E-state index in [0.717, 1.165) is 11.1 Å². The molecule has 0 aliphatic heterocycles. The van der Waals surface area contributed by atoms with Gasteiger partial charge >= 0.3 is 6.03 Å². The van der Waals surface area contributed by atoms with E-state index < -0.39 is 11.9 Å². The normalized spacial score (nSPS) is 10.1. The van der Waals surface area contributed by atoms with Crippen LogP contribution in [0.5, 0.6) is 17.2 Å². The van der Waals surface area contributed by atoms with Gasteiger partial charge in [-0.3, -0.25) is 10.1 Å². The molecule has 0 aromatic heterocycles. The zero-order valence-electron chi connectivity index (χ0n) is 16.9. The van der Waals surface area contributed by atoms with Crippen LogP contribution in [0.15, 0.2) is 66.7 Å². The lowest BCUT2D eigenvalue weighted by Crippen LogP contribution is -2.34. The van der Waals surface area contributed by atoms with Crippen LogP contribution in [0.3, 0.4) is 0 Å². The van der Waals surface area contributed by atoms with E-state index in [1.54, 1.807) is 31.4 Å². The fraction of sp³-hybridized carbons (Fsp3) is 0.130. The van der Waals surface area contributed by atoms with Crippen molar-refractivity contribution in [3.63, 3.8) is 0 Å². The number of rotatable bonds is 6. The third-order valence-corrected chi connectivity index (χ3v) is 4.42. The monoisotopic (exact) mass is 406 g/mol. The molecule has 0 spiro atoms. The third kappa shape index (κ3) is 4.70. The minimum atomic E-state index is -0.681. The number of imide groups is 1. The minimum Gasteiger partial charge on any atom is -0.497 e. The Kier molecular flexibility index (Phi) is 6.54. The Hall–Kier alpha value is -4.00. The highest BCUT2D eigenvalue weighted by Gasteiger charge is 2.17. The lowest BCUT2D eigenvalue weighted by atomic mass is 10.0. The van der Waals surface area contributed by atoms with E-state index in [2.05, 4.69) is 10.6 Å². The van der Waals surface area contributed by atoms with Gasteiger partial charge in [-0.1, -0.05) is 30.3 Å². The number of ether oxygens (including phenoxy) is 3. The molecule has 0 aliphatic rings. The number of hydrogen-bond donors (Lipinski definition) is 2. The molecule has 154 valence electrons. The first kappa shape index (κ1) is 20.7. The largest absolute Gasteiger partial charge is 0.497 e. The van der Waals surface area contributed by atoms with E-state index >= 15 is 0 Å². The van der Waals surface area contributed by atoms with E-state index in [1.807, 2.05) is 36.4 Å². The Morgan fingerprint density at radius 2 is 1.50 bits per heavy atom. The Labute approximate surface area is 174 Å². The zero-order chi connectivity index (χ0) is 21.5. The number of anilines is 1. The quantitative estimate of drug-likeness (QED) is 0.636. The van der Waals surface area contributed by atoms with Gasteiger partial charge in [0.15, 0.2) is 0 Å². The predicted octanol–water partition coefficient (Wildman–Crippen LogP) is 4.34. The van der Waals surface area contributed by atoms with Crippen LogP contribution in [-0.4, -0.2) is 33.3 Å². The second-order valence-electron chi connectivity index (χ2n) is 6.26. The molecule has 0 radical (unpaired) electrons. The lowest BCUT2D eigenvalue weighted by Gasteiger charge is -2.13. The molecule has 0 heterocycles. The molecule has 0 fully saturated rings. The average molecular weight is 406 g/mol. The number of benzene rings is 3. The van der Waals surface area contributed by atoms with Crippen LogP contribution in [0.1, 0.15) is 10.4 Å². The summed E-state index contributed by atoms with van der Waals surface area (Å²) in [6.45, 7) is 0. The highest BCUT2D eigenvalue weighted by Crippen LogP contribution is 2.32. The van der Waals surface area contributed by atoms with E-state index in [1.165, 1.54) is 20.3 Å². The first-order valence-electron chi connectivity index (χ1n) is 9.13. The van der Waals surface area contributed by atoms with Crippen LogP contribution in [-0.2, 0) is 0 Å². The van der Waals surface area contributed by atoms with Crippen LogP contribution in [0, 0.1) is 0 Å². The molecule has 0 saturated heterocycles. The summed E-state index contributed by atoms with van der Waals surface area (Å²) in [5.41, 5.74) is 2.55. The van der Waals surface area contributed by atoms with Gasteiger partial charge in [0.05, 0.1) is 26.9 Å². The molecule has 7 nitrogen and oxygen atoms in total. The van der Waals surface area contributed by atoms with Gasteiger partial charge in [-0.15, -0.1) is 0 Å². The summed E-state index contributed by atoms with van der Waals surface area (Å²) < 4.78 is 15.8. The van der Waals surface area contributed by atoms with Gasteiger partial charge in [-0.2, -0.15) is 0 Å². The fourth-order valence-electron chi connectivity index (χ4n) is 2.95. The van der Waals surface area contributed by atoms with Crippen molar-refractivity contribution in [3.05, 3.63) is 72.3 Å². The molecule has 7 heteroatoms. The first-order valence-corrected chi connectivity index (χ1v) is 9.13. The molecule has 3 aromatic carbocycles. The number of methoxy groups -OCH3 is 3. The van der Waals surface area contributed by atoms with E-state index in [0.29, 0.717) is 22.9 Å². The van der Waals surface area contributed by atoms with Crippen molar-refractivity contribution in [2.45, 2.75) is 0 Å². The average Bonchev–Trinajstić information content (AvgIpc) is 2.78. The smallest absolute Gasteiger partial charge is 0.326 e. The summed E-state index contributed by atoms with van der Waals surface area (Å²) in [7, 11) is 4.49. The van der Waals surface area contributed by atoms with Crippen molar-refractivity contribution in [1.82, 2.24) is 5.32 Å². The van der Waals surface area contributed by atoms with Crippen molar-refractivity contribution in [2.24, 2.45) is 0 Å². The van der Waals surface area contributed by atoms with Crippen LogP contribution in [0.25, 0.3) is 11.1 Å². The summed E-state index contributed by atoms with van der Waals surface area (Å²) >= 11 is 0. The number of carbonyl (C=O) groups is 2. The van der Waals surface area contributed by atoms with E-state index in [-0.39, 0.29) is 5.56 Å². The predicted molar refractivity (Wildman–Crippen MR) is 114 cm³/mol. The molecule has 3 rings (SSSR count). The second kappa shape index (κ2) is 9.47. The maximum absolute atomic E-state index is 12.5. The third-order valence-electron chi connectivity index (χ3n) is 4.42. The number of urea groups is 1. The highest BCUT2D eigenvalue weighted by molar-refractivity contribution is 6.09. The van der Waals surface area contributed by atoms with Gasteiger partial charge in [-0.25, -0.2) is 4.79 Å². The van der Waals surface area contributed by atoms with Gasteiger partial charge in [0, 0.05) is 17.3 Å². The number of nitrogens with one attached hydrogen (secondary N) is 2. The van der Waals surface area contributed by atoms with Gasteiger partial charge < -0.3 is 19.5 Å². The maximum Gasteiger partial charge on any atom is 0.326 e. The highest BCUT2D eigenvalue weighted by atomic mass is 16.5. The number of amides is 3. The van der Waals surface area contributed by atoms with E-state index in [9.17, 15) is 9.59 Å². The maximum atomic E-state index is 12.5. The summed E-state index contributed by atoms with van der Waals surface area (Å²) in [6.07, 6.45) is 0. The molecule has 3 aromatic rings. The standard InChI is InChI=1S/C23H22N2O5/c1-28-17-10-12-20(29-2)19(14-17)22(26)25-23(27)24-16-9-11-18(21(13-16)30-3)15-7-5-4-6-8-15/h4-14H,1-3H3,(H2,24,25,26,27). The molecular weight excluding hydrogens is 384 g/mol. The Morgan fingerprint density at radius 1 is 0.767 bits per heavy atom. The topological polar surface area (TPSA) is 85.9 Å². The molecule has 30 heavy (non-hydrogen) atoms. The van der Waals surface area contributed by atoms with Gasteiger partial charge in [0.2, 0.25) is 0 Å². The fourth-order valence-corrected chi connectivity index (χ4v) is 2.95. The Morgan fingerprint density at radius 3 is 2.17 bits per heavy atom. The Bertz CT molecular complexity index is 1050. The summed E-state index contributed by atoms with van der Waals surface area (Å²) in [6, 6.07) is 19.1. The van der Waals surface area contributed by atoms with Crippen LogP contribution in [0.4, 0.5) is 10.5 Å². The van der Waals surface area contributed by atoms with E-state index in [4.69, 9.17) is 14.2 Å². The molecule has 2 N–H and O–H groups in total. The molecule has 3 amide bonds. The molecule has 0 bridgehead atoms. The van der Waals surface area contributed by atoms with Crippen LogP contribution < -0.4 is 24.8 Å². The van der Waals surface area contributed by atoms with Gasteiger partial charge in [0.1, 0.15) is 17.2 Å². The summed E-state index contributed by atoms with van der Waals surface area (Å²) in [5.74, 6) is 0.786. The molecular formula is C23H22N2O5. The lowest BCUT2D eigenvalue weighted by molar-refractivity contribution is 0.0963. The van der Waals surface area contributed by atoms with Crippen LogP contribution in [0.2, 0.25) is 0 Å². The zero-order valence-corrected chi connectivity index (χ0v) is 16.9. The Balaban J connectivity index is 1.74. The van der Waals surface area contributed by atoms with Crippen molar-refractivity contribution < 1.29 is 23.8 Å². The summed E-state index contributed by atoms with van der Waals surface area (Å²) in [5, 5.41) is 4.93. The molecule has 0 unspecified atom stereocenters. The van der Waals surface area contributed by atoms with Gasteiger partial charge in [0.25, 0.3) is 5.91 Å². The summed E-state index contributed by atoms with van der Waals surface area (Å²) in [4.78, 5) is 24.9. The SMILES string of the molecule is COc1ccc(OC)c(C(=O)NC(=O)Nc2ccc(-c3ccccc3)c(OC)c2)c1. The number of hydrogen-bond acceptors (Lipinski definition) is 5. The molecule has 0 atom stereocenters. The number of carbonyl (C=O) groups excluding carboxylic acids is 2. The van der Waals surface area contributed by atoms with Crippen molar-refractivity contribution in [1.29, 1.82) is 0 Å². The van der Waals surface area contributed by atoms with Crippen molar-refractivity contribution in [3.8, 4) is 28.4 Å².